The van der Waals surface area contributed by atoms with Crippen molar-refractivity contribution < 1.29 is 14.2 Å². The first-order valence-electron chi connectivity index (χ1n) is 6.60. The van der Waals surface area contributed by atoms with Crippen molar-refractivity contribution in [2.45, 2.75) is 13.0 Å². The van der Waals surface area contributed by atoms with Crippen molar-refractivity contribution in [1.82, 2.24) is 9.97 Å². The smallest absolute Gasteiger partial charge is 0.135 e. The van der Waals surface area contributed by atoms with E-state index in [1.807, 2.05) is 18.2 Å². The van der Waals surface area contributed by atoms with Gasteiger partial charge in [-0.2, -0.15) is 0 Å². The number of nitrogens with zero attached hydrogens (tertiary/aromatic N) is 1. The summed E-state index contributed by atoms with van der Waals surface area (Å²) in [6, 6.07) is 9.95. The Bertz CT molecular complexity index is 796. The van der Waals surface area contributed by atoms with Crippen molar-refractivity contribution in [1.29, 1.82) is 0 Å². The van der Waals surface area contributed by atoms with Gasteiger partial charge in [0.15, 0.2) is 0 Å². The van der Waals surface area contributed by atoms with Gasteiger partial charge in [-0.15, -0.1) is 0 Å². The van der Waals surface area contributed by atoms with Crippen LogP contribution in [0.25, 0.3) is 22.2 Å². The Balaban J connectivity index is 2.14. The van der Waals surface area contributed by atoms with E-state index in [9.17, 15) is 9.50 Å². The Labute approximate surface area is 121 Å². The highest BCUT2D eigenvalue weighted by Crippen LogP contribution is 2.32. The summed E-state index contributed by atoms with van der Waals surface area (Å²) in [5, 5.41) is 9.57. The Morgan fingerprint density at radius 2 is 2.05 bits per heavy atom. The Morgan fingerprint density at radius 3 is 2.76 bits per heavy atom. The molecule has 21 heavy (non-hydrogen) atoms. The zero-order valence-corrected chi connectivity index (χ0v) is 11.7. The molecule has 0 aliphatic carbocycles. The summed E-state index contributed by atoms with van der Waals surface area (Å²) in [5.74, 6) is 0.791. The lowest BCUT2D eigenvalue weighted by Crippen LogP contribution is -1.92. The van der Waals surface area contributed by atoms with Gasteiger partial charge < -0.3 is 14.8 Å². The van der Waals surface area contributed by atoms with Gasteiger partial charge >= 0.3 is 0 Å². The molecule has 1 aromatic heterocycles. The summed E-state index contributed by atoms with van der Waals surface area (Å²) in [4.78, 5) is 7.36. The topological polar surface area (TPSA) is 58.1 Å². The minimum Gasteiger partial charge on any atom is -0.496 e. The molecule has 0 radical (unpaired) electrons. The summed E-state index contributed by atoms with van der Waals surface area (Å²) in [6.45, 7) is 1.65. The van der Waals surface area contributed by atoms with E-state index >= 15 is 0 Å². The van der Waals surface area contributed by atoms with Crippen molar-refractivity contribution in [2.24, 2.45) is 0 Å². The molecular weight excluding hydrogens is 271 g/mol. The third-order valence-electron chi connectivity index (χ3n) is 3.37. The fourth-order valence-electron chi connectivity index (χ4n) is 2.30. The second-order valence-corrected chi connectivity index (χ2v) is 4.87. The molecule has 1 atom stereocenters. The van der Waals surface area contributed by atoms with Crippen molar-refractivity contribution in [3.05, 3.63) is 48.0 Å². The van der Waals surface area contributed by atoms with Crippen LogP contribution in [0.3, 0.4) is 0 Å². The highest BCUT2D eigenvalue weighted by Gasteiger charge is 2.11. The predicted octanol–water partition coefficient (Wildman–Crippen LogP) is 3.43. The molecule has 0 aliphatic heterocycles. The SMILES string of the molecule is COc1ccc(F)cc1-c1ccc2nc([C@@H](C)O)[nH]c2c1. The molecule has 5 heteroatoms. The highest BCUT2D eigenvalue weighted by molar-refractivity contribution is 5.83. The van der Waals surface area contributed by atoms with Crippen LogP contribution >= 0.6 is 0 Å². The fraction of sp³-hybridized carbons (Fsp3) is 0.188. The number of aromatic amines is 1. The second kappa shape index (κ2) is 5.18. The molecule has 2 N–H and O–H groups in total. The molecule has 0 aliphatic rings. The Hall–Kier alpha value is -2.40. The number of imidazole rings is 1. The average molecular weight is 286 g/mol. The number of aromatic nitrogens is 2. The van der Waals surface area contributed by atoms with Crippen molar-refractivity contribution in [3.63, 3.8) is 0 Å². The van der Waals surface area contributed by atoms with Crippen LogP contribution in [-0.4, -0.2) is 22.2 Å². The molecule has 2 aromatic carbocycles. The number of aliphatic hydroxyl groups is 1. The zero-order chi connectivity index (χ0) is 15.0. The first-order chi connectivity index (χ1) is 10.1. The number of benzene rings is 2. The van der Waals surface area contributed by atoms with Crippen LogP contribution < -0.4 is 4.74 Å². The quantitative estimate of drug-likeness (QED) is 0.775. The van der Waals surface area contributed by atoms with E-state index in [-0.39, 0.29) is 5.82 Å². The first-order valence-corrected chi connectivity index (χ1v) is 6.60. The van der Waals surface area contributed by atoms with Gasteiger partial charge in [0.2, 0.25) is 0 Å². The molecule has 0 unspecified atom stereocenters. The number of fused-ring (bicyclic) bond motifs is 1. The van der Waals surface area contributed by atoms with E-state index in [0.29, 0.717) is 17.1 Å². The molecule has 4 nitrogen and oxygen atoms in total. The fourth-order valence-corrected chi connectivity index (χ4v) is 2.30. The average Bonchev–Trinajstić information content (AvgIpc) is 2.90. The number of rotatable bonds is 3. The van der Waals surface area contributed by atoms with Gasteiger partial charge in [0.1, 0.15) is 23.5 Å². The number of H-pyrrole nitrogens is 1. The highest BCUT2D eigenvalue weighted by atomic mass is 19.1. The van der Waals surface area contributed by atoms with Crippen LogP contribution in [0.2, 0.25) is 0 Å². The minimum absolute atomic E-state index is 0.319. The molecule has 0 bridgehead atoms. The molecule has 0 saturated carbocycles. The molecule has 0 fully saturated rings. The van der Waals surface area contributed by atoms with Gasteiger partial charge in [-0.1, -0.05) is 6.07 Å². The van der Waals surface area contributed by atoms with Crippen molar-refractivity contribution in [2.75, 3.05) is 7.11 Å². The van der Waals surface area contributed by atoms with Crippen LogP contribution in [0.1, 0.15) is 18.9 Å². The van der Waals surface area contributed by atoms with Crippen LogP contribution in [0, 0.1) is 5.82 Å². The minimum atomic E-state index is -0.662. The molecule has 108 valence electrons. The largest absolute Gasteiger partial charge is 0.496 e. The van der Waals surface area contributed by atoms with Crippen LogP contribution in [0.15, 0.2) is 36.4 Å². The van der Waals surface area contributed by atoms with Crippen LogP contribution in [0.5, 0.6) is 5.75 Å². The zero-order valence-electron chi connectivity index (χ0n) is 11.7. The third kappa shape index (κ3) is 2.48. The number of aliphatic hydroxyl groups excluding tert-OH is 1. The number of halogens is 1. The maximum absolute atomic E-state index is 13.5. The molecule has 0 spiro atoms. The lowest BCUT2D eigenvalue weighted by Gasteiger charge is -2.08. The summed E-state index contributed by atoms with van der Waals surface area (Å²) >= 11 is 0. The van der Waals surface area contributed by atoms with Gasteiger partial charge in [-0.3, -0.25) is 0 Å². The molecule has 3 aromatic rings. The Kier molecular flexibility index (Phi) is 3.35. The molecule has 0 amide bonds. The second-order valence-electron chi connectivity index (χ2n) is 4.87. The standard InChI is InChI=1S/C16H15FN2O2/c1-9(20)16-18-13-5-3-10(7-14(13)19-16)12-8-11(17)4-6-15(12)21-2/h3-9,20H,1-2H3,(H,18,19)/t9-/m1/s1. The maximum Gasteiger partial charge on any atom is 0.135 e. The molecule has 1 heterocycles. The van der Waals surface area contributed by atoms with Gasteiger partial charge in [-0.25, -0.2) is 9.37 Å². The number of ether oxygens (including phenoxy) is 1. The maximum atomic E-state index is 13.5. The molecule has 0 saturated heterocycles. The summed E-state index contributed by atoms with van der Waals surface area (Å²) < 4.78 is 18.8. The lowest BCUT2D eigenvalue weighted by molar-refractivity contribution is 0.190. The number of nitrogens with one attached hydrogen (secondary N) is 1. The van der Waals surface area contributed by atoms with E-state index in [4.69, 9.17) is 4.74 Å². The van der Waals surface area contributed by atoms with Crippen molar-refractivity contribution >= 4 is 11.0 Å². The van der Waals surface area contributed by atoms with Crippen LogP contribution in [0.4, 0.5) is 4.39 Å². The Morgan fingerprint density at radius 1 is 1.24 bits per heavy atom. The molecular formula is C16H15FN2O2. The van der Waals surface area contributed by atoms with Gasteiger partial charge in [0, 0.05) is 5.56 Å². The van der Waals surface area contributed by atoms with Gasteiger partial charge in [0.25, 0.3) is 0 Å². The van der Waals surface area contributed by atoms with E-state index in [1.165, 1.54) is 12.1 Å². The van der Waals surface area contributed by atoms with E-state index in [0.717, 1.165) is 16.6 Å². The number of hydrogen-bond acceptors (Lipinski definition) is 3. The van der Waals surface area contributed by atoms with Gasteiger partial charge in [-0.05, 0) is 42.8 Å². The first kappa shape index (κ1) is 13.6. The lowest BCUT2D eigenvalue weighted by atomic mass is 10.0. The van der Waals surface area contributed by atoms with E-state index in [2.05, 4.69) is 9.97 Å². The summed E-state index contributed by atoms with van der Waals surface area (Å²) in [7, 11) is 1.55. The van der Waals surface area contributed by atoms with E-state index in [1.54, 1.807) is 20.1 Å². The van der Waals surface area contributed by atoms with Gasteiger partial charge in [0.05, 0.1) is 18.1 Å². The van der Waals surface area contributed by atoms with Crippen LogP contribution in [-0.2, 0) is 0 Å². The monoisotopic (exact) mass is 286 g/mol. The summed E-state index contributed by atoms with van der Waals surface area (Å²) in [5.41, 5.74) is 3.03. The normalized spacial score (nSPS) is 12.6. The number of methoxy groups -OCH3 is 1. The predicted molar refractivity (Wildman–Crippen MR) is 78.7 cm³/mol. The van der Waals surface area contributed by atoms with Crippen molar-refractivity contribution in [3.8, 4) is 16.9 Å². The third-order valence-corrected chi connectivity index (χ3v) is 3.37. The van der Waals surface area contributed by atoms with E-state index < -0.39 is 6.10 Å². The molecule has 3 rings (SSSR count). The summed E-state index contributed by atoms with van der Waals surface area (Å²) in [6.07, 6.45) is -0.662. The number of hydrogen-bond donors (Lipinski definition) is 2.